The van der Waals surface area contributed by atoms with Crippen LogP contribution in [0.25, 0.3) is 10.7 Å². The number of sulfonamides is 1. The highest BCUT2D eigenvalue weighted by Gasteiger charge is 2.30. The van der Waals surface area contributed by atoms with Crippen LogP contribution in [0, 0.1) is 4.77 Å². The first-order chi connectivity index (χ1) is 11.9. The Morgan fingerprint density at radius 2 is 2.00 bits per heavy atom. The van der Waals surface area contributed by atoms with Crippen molar-refractivity contribution in [3.8, 4) is 10.7 Å². The molecule has 2 aromatic heterocycles. The van der Waals surface area contributed by atoms with Crippen LogP contribution in [-0.4, -0.2) is 64.4 Å². The van der Waals surface area contributed by atoms with E-state index in [2.05, 4.69) is 20.9 Å². The molecule has 136 valence electrons. The lowest BCUT2D eigenvalue weighted by atomic mass is 10.4. The van der Waals surface area contributed by atoms with Gasteiger partial charge in [-0.05, 0) is 36.5 Å². The Morgan fingerprint density at radius 3 is 2.56 bits per heavy atom. The van der Waals surface area contributed by atoms with Gasteiger partial charge < -0.3 is 0 Å². The molecule has 2 aromatic rings. The Labute approximate surface area is 156 Å². The molecule has 25 heavy (non-hydrogen) atoms. The maximum absolute atomic E-state index is 11.6. The van der Waals surface area contributed by atoms with Gasteiger partial charge in [0.05, 0.1) is 17.8 Å². The Morgan fingerprint density at radius 1 is 1.28 bits per heavy atom. The van der Waals surface area contributed by atoms with Gasteiger partial charge in [-0.2, -0.15) is 4.31 Å². The quantitative estimate of drug-likeness (QED) is 0.720. The van der Waals surface area contributed by atoms with Gasteiger partial charge in [-0.1, -0.05) is 6.07 Å². The largest absolute Gasteiger partial charge is 0.296 e. The molecule has 2 aliphatic rings. The Kier molecular flexibility index (Phi) is 4.57. The van der Waals surface area contributed by atoms with Gasteiger partial charge in [-0.15, -0.1) is 16.4 Å². The fraction of sp³-hybridized carbons (Fsp3) is 0.600. The van der Waals surface area contributed by atoms with Gasteiger partial charge in [0.1, 0.15) is 0 Å². The van der Waals surface area contributed by atoms with E-state index < -0.39 is 10.0 Å². The fourth-order valence-corrected chi connectivity index (χ4v) is 5.01. The molecule has 0 aromatic carbocycles. The lowest BCUT2D eigenvalue weighted by molar-refractivity contribution is 0.145. The number of aromatic nitrogens is 3. The smallest absolute Gasteiger partial charge is 0.211 e. The number of thiophene rings is 1. The SMILES string of the molecule is CS(=O)(=O)N1CCN(Cn2nc(-c3cccs3)n(C3CC3)c2=S)CC1. The van der Waals surface area contributed by atoms with Gasteiger partial charge in [0.15, 0.2) is 10.6 Å². The van der Waals surface area contributed by atoms with Crippen molar-refractivity contribution in [2.75, 3.05) is 32.4 Å². The van der Waals surface area contributed by atoms with Crippen LogP contribution in [0.4, 0.5) is 0 Å². The predicted octanol–water partition coefficient (Wildman–Crippen LogP) is 2.01. The van der Waals surface area contributed by atoms with Crippen molar-refractivity contribution in [2.24, 2.45) is 0 Å². The number of nitrogens with zero attached hydrogens (tertiary/aromatic N) is 5. The molecule has 0 spiro atoms. The molecule has 0 atom stereocenters. The number of hydrogen-bond acceptors (Lipinski definition) is 6. The number of piperazine rings is 1. The van der Waals surface area contributed by atoms with E-state index >= 15 is 0 Å². The molecule has 3 heterocycles. The average molecular weight is 400 g/mol. The molecule has 10 heteroatoms. The van der Waals surface area contributed by atoms with E-state index in [0.717, 1.165) is 28.3 Å². The van der Waals surface area contributed by atoms with Crippen molar-refractivity contribution in [3.05, 3.63) is 22.3 Å². The Bertz CT molecular complexity index is 904. The van der Waals surface area contributed by atoms with E-state index in [4.69, 9.17) is 17.3 Å². The van der Waals surface area contributed by atoms with Crippen molar-refractivity contribution in [2.45, 2.75) is 25.6 Å². The third-order valence-electron chi connectivity index (χ3n) is 4.66. The maximum atomic E-state index is 11.6. The minimum atomic E-state index is -3.10. The molecule has 2 fully saturated rings. The van der Waals surface area contributed by atoms with Crippen LogP contribution in [0.5, 0.6) is 0 Å². The fourth-order valence-electron chi connectivity index (χ4n) is 3.14. The molecule has 0 amide bonds. The van der Waals surface area contributed by atoms with Gasteiger partial charge in [0.2, 0.25) is 10.0 Å². The molecule has 1 aliphatic heterocycles. The van der Waals surface area contributed by atoms with Crippen LogP contribution in [0.15, 0.2) is 17.5 Å². The molecule has 0 radical (unpaired) electrons. The average Bonchev–Trinajstić information content (AvgIpc) is 3.15. The van der Waals surface area contributed by atoms with Crippen LogP contribution in [0.2, 0.25) is 0 Å². The molecule has 7 nitrogen and oxygen atoms in total. The predicted molar refractivity (Wildman–Crippen MR) is 101 cm³/mol. The maximum Gasteiger partial charge on any atom is 0.211 e. The van der Waals surface area contributed by atoms with E-state index in [1.165, 1.54) is 10.6 Å². The normalized spacial score (nSPS) is 20.2. The summed E-state index contributed by atoms with van der Waals surface area (Å²) < 4.78 is 29.6. The molecule has 0 unspecified atom stereocenters. The van der Waals surface area contributed by atoms with Crippen molar-refractivity contribution in [1.29, 1.82) is 0 Å². The summed E-state index contributed by atoms with van der Waals surface area (Å²) in [4.78, 5) is 3.35. The van der Waals surface area contributed by atoms with Crippen LogP contribution < -0.4 is 0 Å². The van der Waals surface area contributed by atoms with E-state index in [-0.39, 0.29) is 0 Å². The van der Waals surface area contributed by atoms with Crippen molar-refractivity contribution >= 4 is 33.6 Å². The van der Waals surface area contributed by atoms with Crippen LogP contribution in [-0.2, 0) is 16.7 Å². The summed E-state index contributed by atoms with van der Waals surface area (Å²) in [6.07, 6.45) is 3.58. The lowest BCUT2D eigenvalue weighted by Crippen LogP contribution is -2.48. The highest BCUT2D eigenvalue weighted by Crippen LogP contribution is 2.39. The zero-order chi connectivity index (χ0) is 17.6. The Hall–Kier alpha value is -1.07. The summed E-state index contributed by atoms with van der Waals surface area (Å²) in [5.74, 6) is 0.956. The minimum Gasteiger partial charge on any atom is -0.296 e. The highest BCUT2D eigenvalue weighted by molar-refractivity contribution is 7.88. The topological polar surface area (TPSA) is 63.4 Å². The van der Waals surface area contributed by atoms with Gasteiger partial charge in [-0.3, -0.25) is 9.47 Å². The van der Waals surface area contributed by atoms with Gasteiger partial charge >= 0.3 is 0 Å². The first-order valence-electron chi connectivity index (χ1n) is 8.34. The van der Waals surface area contributed by atoms with Gasteiger partial charge in [-0.25, -0.2) is 13.1 Å². The first-order valence-corrected chi connectivity index (χ1v) is 11.5. The molecule has 4 rings (SSSR count). The van der Waals surface area contributed by atoms with Crippen molar-refractivity contribution in [3.63, 3.8) is 0 Å². The van der Waals surface area contributed by atoms with E-state index in [1.807, 2.05) is 10.7 Å². The molecule has 0 bridgehead atoms. The second kappa shape index (κ2) is 6.58. The Balaban J connectivity index is 1.54. The number of hydrogen-bond donors (Lipinski definition) is 0. The number of rotatable bonds is 5. The molecule has 1 saturated carbocycles. The van der Waals surface area contributed by atoms with Crippen molar-refractivity contribution in [1.82, 2.24) is 23.6 Å². The lowest BCUT2D eigenvalue weighted by Gasteiger charge is -2.32. The molecule has 1 aliphatic carbocycles. The second-order valence-electron chi connectivity index (χ2n) is 6.61. The van der Waals surface area contributed by atoms with Gasteiger partial charge in [0, 0.05) is 32.2 Å². The highest BCUT2D eigenvalue weighted by atomic mass is 32.2. The van der Waals surface area contributed by atoms with E-state index in [1.54, 1.807) is 11.3 Å². The molecule has 1 saturated heterocycles. The first kappa shape index (κ1) is 17.3. The summed E-state index contributed by atoms with van der Waals surface area (Å²) in [6.45, 7) is 3.04. The summed E-state index contributed by atoms with van der Waals surface area (Å²) >= 11 is 7.37. The van der Waals surface area contributed by atoms with Gasteiger partial charge in [0.25, 0.3) is 0 Å². The van der Waals surface area contributed by atoms with E-state index in [9.17, 15) is 8.42 Å². The third-order valence-corrected chi connectivity index (χ3v) is 7.23. The summed E-state index contributed by atoms with van der Waals surface area (Å²) in [5.41, 5.74) is 0. The summed E-state index contributed by atoms with van der Waals surface area (Å²) in [6, 6.07) is 4.58. The second-order valence-corrected chi connectivity index (χ2v) is 9.90. The van der Waals surface area contributed by atoms with Crippen LogP contribution in [0.1, 0.15) is 18.9 Å². The molecular formula is C15H21N5O2S3. The standard InChI is InChI=1S/C15H21N5O2S3/c1-25(21,22)18-8-6-17(7-9-18)11-19-15(23)20(12-4-5-12)14(16-19)13-3-2-10-24-13/h2-3,10,12H,4-9,11H2,1H3. The minimum absolute atomic E-state index is 0.473. The molecular weight excluding hydrogens is 378 g/mol. The zero-order valence-corrected chi connectivity index (χ0v) is 16.5. The third kappa shape index (κ3) is 3.59. The summed E-state index contributed by atoms with van der Waals surface area (Å²) in [7, 11) is -3.10. The van der Waals surface area contributed by atoms with Crippen LogP contribution >= 0.6 is 23.6 Å². The monoisotopic (exact) mass is 399 g/mol. The summed E-state index contributed by atoms with van der Waals surface area (Å²) in [5, 5.41) is 6.84. The molecule has 0 N–H and O–H groups in total. The van der Waals surface area contributed by atoms with Crippen molar-refractivity contribution < 1.29 is 8.42 Å². The van der Waals surface area contributed by atoms with Crippen LogP contribution in [0.3, 0.4) is 0 Å². The zero-order valence-electron chi connectivity index (χ0n) is 14.0. The van der Waals surface area contributed by atoms with E-state index in [0.29, 0.717) is 38.9 Å².